The first kappa shape index (κ1) is 13.6. The Bertz CT molecular complexity index is 389. The summed E-state index contributed by atoms with van der Waals surface area (Å²) in [5.74, 6) is 0. The van der Waals surface area contributed by atoms with Crippen molar-refractivity contribution >= 4 is 0 Å². The molecule has 1 aliphatic rings. The van der Waals surface area contributed by atoms with E-state index in [1.807, 2.05) is 0 Å². The Labute approximate surface area is 111 Å². The number of likely N-dealkylation sites (tertiary alicyclic amines) is 1. The molecule has 1 fully saturated rings. The molecule has 1 unspecified atom stereocenters. The molecule has 0 saturated carbocycles. The van der Waals surface area contributed by atoms with Crippen molar-refractivity contribution in [1.82, 2.24) is 10.2 Å². The summed E-state index contributed by atoms with van der Waals surface area (Å²) in [4.78, 5) is 2.64. The maximum absolute atomic E-state index is 3.32. The van der Waals surface area contributed by atoms with Gasteiger partial charge in [-0.25, -0.2) is 0 Å². The van der Waals surface area contributed by atoms with E-state index < -0.39 is 0 Å². The zero-order valence-corrected chi connectivity index (χ0v) is 12.2. The standard InChI is InChI=1S/C16H26N2/c1-12-8-13(2)16(14(3)9-12)11-18-7-5-6-15(18)10-17-4/h8-9,15,17H,5-7,10-11H2,1-4H3. The minimum absolute atomic E-state index is 0.718. The van der Waals surface area contributed by atoms with E-state index >= 15 is 0 Å². The summed E-state index contributed by atoms with van der Waals surface area (Å²) in [7, 11) is 2.05. The van der Waals surface area contributed by atoms with Crippen LogP contribution in [-0.4, -0.2) is 31.1 Å². The Morgan fingerprint density at radius 1 is 1.22 bits per heavy atom. The van der Waals surface area contributed by atoms with Crippen LogP contribution in [-0.2, 0) is 6.54 Å². The molecule has 2 rings (SSSR count). The lowest BCUT2D eigenvalue weighted by Gasteiger charge is -2.26. The van der Waals surface area contributed by atoms with Crippen LogP contribution in [0.5, 0.6) is 0 Å². The fourth-order valence-corrected chi connectivity index (χ4v) is 3.23. The number of aryl methyl sites for hydroxylation is 3. The molecule has 100 valence electrons. The molecule has 0 bridgehead atoms. The molecule has 1 heterocycles. The lowest BCUT2D eigenvalue weighted by atomic mass is 9.99. The Morgan fingerprint density at radius 3 is 2.50 bits per heavy atom. The zero-order chi connectivity index (χ0) is 13.1. The second-order valence-corrected chi connectivity index (χ2v) is 5.70. The van der Waals surface area contributed by atoms with E-state index in [0.717, 1.165) is 19.1 Å². The minimum atomic E-state index is 0.718. The molecule has 0 aliphatic carbocycles. The van der Waals surface area contributed by atoms with Crippen LogP contribution in [0.25, 0.3) is 0 Å². The highest BCUT2D eigenvalue weighted by molar-refractivity contribution is 5.37. The number of hydrogen-bond donors (Lipinski definition) is 1. The van der Waals surface area contributed by atoms with Gasteiger partial charge in [0.2, 0.25) is 0 Å². The zero-order valence-electron chi connectivity index (χ0n) is 12.2. The maximum atomic E-state index is 3.32. The molecule has 0 aromatic heterocycles. The molecule has 1 atom stereocenters. The van der Waals surface area contributed by atoms with Gasteiger partial charge in [0.25, 0.3) is 0 Å². The van der Waals surface area contributed by atoms with Crippen molar-refractivity contribution in [3.8, 4) is 0 Å². The minimum Gasteiger partial charge on any atom is -0.318 e. The van der Waals surface area contributed by atoms with Crippen LogP contribution >= 0.6 is 0 Å². The lowest BCUT2D eigenvalue weighted by molar-refractivity contribution is 0.241. The summed E-state index contributed by atoms with van der Waals surface area (Å²) < 4.78 is 0. The molecule has 1 aromatic carbocycles. The van der Waals surface area contributed by atoms with Crippen molar-refractivity contribution in [3.63, 3.8) is 0 Å². The van der Waals surface area contributed by atoms with E-state index in [0.29, 0.717) is 0 Å². The van der Waals surface area contributed by atoms with Crippen LogP contribution < -0.4 is 5.32 Å². The van der Waals surface area contributed by atoms with Crippen molar-refractivity contribution in [2.24, 2.45) is 0 Å². The number of likely N-dealkylation sites (N-methyl/N-ethyl adjacent to an activating group) is 1. The largest absolute Gasteiger partial charge is 0.318 e. The topological polar surface area (TPSA) is 15.3 Å². The molecule has 2 heteroatoms. The van der Waals surface area contributed by atoms with Crippen LogP contribution in [0.1, 0.15) is 35.1 Å². The highest BCUT2D eigenvalue weighted by Crippen LogP contribution is 2.23. The van der Waals surface area contributed by atoms with Gasteiger partial charge in [0.05, 0.1) is 0 Å². The molecule has 0 radical (unpaired) electrons. The molecule has 2 nitrogen and oxygen atoms in total. The summed E-state index contributed by atoms with van der Waals surface area (Å²) in [5, 5.41) is 3.32. The molecule has 18 heavy (non-hydrogen) atoms. The van der Waals surface area contributed by atoms with E-state index in [9.17, 15) is 0 Å². The normalized spacial score (nSPS) is 20.6. The van der Waals surface area contributed by atoms with Gasteiger partial charge in [-0.2, -0.15) is 0 Å². The van der Waals surface area contributed by atoms with E-state index in [1.54, 1.807) is 0 Å². The predicted octanol–water partition coefficient (Wildman–Crippen LogP) is 2.80. The second kappa shape index (κ2) is 5.85. The van der Waals surface area contributed by atoms with Crippen molar-refractivity contribution in [2.45, 2.75) is 46.2 Å². The van der Waals surface area contributed by atoms with Gasteiger partial charge in [-0.05, 0) is 63.9 Å². The molecular weight excluding hydrogens is 220 g/mol. The predicted molar refractivity (Wildman–Crippen MR) is 78.0 cm³/mol. The van der Waals surface area contributed by atoms with Gasteiger partial charge in [-0.3, -0.25) is 4.90 Å². The third-order valence-corrected chi connectivity index (χ3v) is 4.14. The Balaban J connectivity index is 2.14. The second-order valence-electron chi connectivity index (χ2n) is 5.70. The molecule has 1 saturated heterocycles. The third kappa shape index (κ3) is 2.93. The fraction of sp³-hybridized carbons (Fsp3) is 0.625. The number of rotatable bonds is 4. The van der Waals surface area contributed by atoms with Crippen LogP contribution in [0.3, 0.4) is 0 Å². The van der Waals surface area contributed by atoms with E-state index in [1.165, 1.54) is 41.6 Å². The number of hydrogen-bond acceptors (Lipinski definition) is 2. The fourth-order valence-electron chi connectivity index (χ4n) is 3.23. The van der Waals surface area contributed by atoms with Gasteiger partial charge in [-0.15, -0.1) is 0 Å². The van der Waals surface area contributed by atoms with Gasteiger partial charge < -0.3 is 5.32 Å². The van der Waals surface area contributed by atoms with Crippen LogP contribution in [0.15, 0.2) is 12.1 Å². The summed E-state index contributed by atoms with van der Waals surface area (Å²) >= 11 is 0. The van der Waals surface area contributed by atoms with Crippen molar-refractivity contribution < 1.29 is 0 Å². The average Bonchev–Trinajstić information content (AvgIpc) is 2.71. The van der Waals surface area contributed by atoms with E-state index in [4.69, 9.17) is 0 Å². The summed E-state index contributed by atoms with van der Waals surface area (Å²) in [5.41, 5.74) is 5.80. The van der Waals surface area contributed by atoms with Crippen molar-refractivity contribution in [2.75, 3.05) is 20.1 Å². The van der Waals surface area contributed by atoms with Crippen LogP contribution in [0, 0.1) is 20.8 Å². The average molecular weight is 246 g/mol. The first-order valence-electron chi connectivity index (χ1n) is 7.07. The molecule has 1 N–H and O–H groups in total. The third-order valence-electron chi connectivity index (χ3n) is 4.14. The molecule has 0 amide bonds. The summed E-state index contributed by atoms with van der Waals surface area (Å²) in [6.45, 7) is 10.2. The molecule has 1 aliphatic heterocycles. The summed E-state index contributed by atoms with van der Waals surface area (Å²) in [6.07, 6.45) is 2.68. The SMILES string of the molecule is CNCC1CCCN1Cc1c(C)cc(C)cc1C. The van der Waals surface area contributed by atoms with Gasteiger partial charge in [0.1, 0.15) is 0 Å². The van der Waals surface area contributed by atoms with Crippen molar-refractivity contribution in [3.05, 3.63) is 34.4 Å². The first-order valence-corrected chi connectivity index (χ1v) is 7.07. The van der Waals surface area contributed by atoms with Crippen LogP contribution in [0.2, 0.25) is 0 Å². The highest BCUT2D eigenvalue weighted by Gasteiger charge is 2.24. The summed E-state index contributed by atoms with van der Waals surface area (Å²) in [6, 6.07) is 5.34. The molecular formula is C16H26N2. The van der Waals surface area contributed by atoms with Crippen molar-refractivity contribution in [1.29, 1.82) is 0 Å². The Hall–Kier alpha value is -0.860. The maximum Gasteiger partial charge on any atom is 0.0242 e. The van der Waals surface area contributed by atoms with E-state index in [-0.39, 0.29) is 0 Å². The number of nitrogens with zero attached hydrogens (tertiary/aromatic N) is 1. The van der Waals surface area contributed by atoms with Gasteiger partial charge in [-0.1, -0.05) is 17.7 Å². The molecule has 1 aromatic rings. The van der Waals surface area contributed by atoms with Gasteiger partial charge in [0.15, 0.2) is 0 Å². The number of benzene rings is 1. The highest BCUT2D eigenvalue weighted by atomic mass is 15.2. The quantitative estimate of drug-likeness (QED) is 0.879. The Morgan fingerprint density at radius 2 is 1.89 bits per heavy atom. The smallest absolute Gasteiger partial charge is 0.0242 e. The lowest BCUT2D eigenvalue weighted by Crippen LogP contribution is -2.36. The molecule has 0 spiro atoms. The van der Waals surface area contributed by atoms with Crippen LogP contribution in [0.4, 0.5) is 0 Å². The Kier molecular flexibility index (Phi) is 4.41. The van der Waals surface area contributed by atoms with Gasteiger partial charge >= 0.3 is 0 Å². The monoisotopic (exact) mass is 246 g/mol. The first-order chi connectivity index (χ1) is 8.61. The van der Waals surface area contributed by atoms with E-state index in [2.05, 4.69) is 50.2 Å². The van der Waals surface area contributed by atoms with Gasteiger partial charge in [0, 0.05) is 19.1 Å². The number of nitrogens with one attached hydrogen (secondary N) is 1.